The molecule has 1 amide bonds. The summed E-state index contributed by atoms with van der Waals surface area (Å²) in [6.07, 6.45) is 1.23. The molecule has 3 aromatic rings. The van der Waals surface area contributed by atoms with Crippen LogP contribution in [0.15, 0.2) is 48.7 Å². The van der Waals surface area contributed by atoms with Gasteiger partial charge in [-0.15, -0.1) is 0 Å². The summed E-state index contributed by atoms with van der Waals surface area (Å²) in [5.74, 6) is 0.121. The number of alkyl halides is 3. The molecular weight excluding hydrogens is 577 g/mol. The summed E-state index contributed by atoms with van der Waals surface area (Å²) in [4.78, 5) is 16.0. The van der Waals surface area contributed by atoms with Gasteiger partial charge in [0.25, 0.3) is 5.91 Å². The molecule has 5 rings (SSSR count). The van der Waals surface area contributed by atoms with Crippen LogP contribution in [0.5, 0.6) is 11.5 Å². The smallest absolute Gasteiger partial charge is 0.418 e. The summed E-state index contributed by atoms with van der Waals surface area (Å²) in [6.45, 7) is 2.51. The van der Waals surface area contributed by atoms with Gasteiger partial charge in [-0.2, -0.15) is 13.2 Å². The van der Waals surface area contributed by atoms with E-state index in [1.54, 1.807) is 35.0 Å². The topological polar surface area (TPSA) is 98.0 Å². The molecule has 2 fully saturated rings. The van der Waals surface area contributed by atoms with E-state index in [9.17, 15) is 18.0 Å². The molecule has 0 spiro atoms. The van der Waals surface area contributed by atoms with E-state index in [0.29, 0.717) is 29.4 Å². The number of aromatic nitrogens is 1. The summed E-state index contributed by atoms with van der Waals surface area (Å²) in [6, 6.07) is 10.3. The van der Waals surface area contributed by atoms with Crippen molar-refractivity contribution in [2.75, 3.05) is 50.7 Å². The second-order valence-electron chi connectivity index (χ2n) is 10.8. The molecule has 236 valence electrons. The van der Waals surface area contributed by atoms with Gasteiger partial charge in [-0.3, -0.25) is 10.2 Å². The van der Waals surface area contributed by atoms with Gasteiger partial charge in [-0.1, -0.05) is 0 Å². The van der Waals surface area contributed by atoms with Crippen molar-refractivity contribution in [1.29, 1.82) is 5.41 Å². The number of hydrogen-bond donors (Lipinski definition) is 2. The summed E-state index contributed by atoms with van der Waals surface area (Å²) < 4.78 is 66.1. The zero-order chi connectivity index (χ0) is 31.3. The third-order valence-electron chi connectivity index (χ3n) is 7.89. The minimum atomic E-state index is -4.69. The number of rotatable bonds is 11. The number of nitrogens with one attached hydrogen (secondary N) is 2. The maximum absolute atomic E-state index is 14.1. The lowest BCUT2D eigenvalue weighted by Crippen LogP contribution is -2.26. The van der Waals surface area contributed by atoms with Crippen molar-refractivity contribution in [1.82, 2.24) is 4.57 Å². The summed E-state index contributed by atoms with van der Waals surface area (Å²) in [5, 5.41) is 11.6. The minimum Gasteiger partial charge on any atom is -0.497 e. The summed E-state index contributed by atoms with van der Waals surface area (Å²) in [7, 11) is 2.98. The number of nitrogens with zero attached hydrogens (tertiary/aromatic N) is 2. The van der Waals surface area contributed by atoms with Crippen molar-refractivity contribution in [3.63, 3.8) is 0 Å². The highest BCUT2D eigenvalue weighted by Gasteiger charge is 2.35. The van der Waals surface area contributed by atoms with Crippen LogP contribution in [0.25, 0.3) is 0 Å². The number of anilines is 2. The number of carbonyl (C=O) groups excluding carboxylic acids is 1. The second-order valence-corrected chi connectivity index (χ2v) is 10.8. The van der Waals surface area contributed by atoms with Crippen LogP contribution in [0, 0.1) is 5.41 Å². The molecule has 2 N–H and O–H groups in total. The SMILES string of the molecule is COc1cc(OC)cc(C(=N)c2ccn(CCOC3CCCCO3)c2C(=O)Nc2cc(N3CCCC3)ccc2C(F)(F)F)c1. The average Bonchev–Trinajstić information content (AvgIpc) is 3.71. The molecule has 1 aromatic heterocycles. The number of methoxy groups -OCH3 is 2. The minimum absolute atomic E-state index is 0.0236. The number of halogens is 3. The Labute approximate surface area is 254 Å². The van der Waals surface area contributed by atoms with E-state index in [2.05, 4.69) is 5.32 Å². The van der Waals surface area contributed by atoms with E-state index < -0.39 is 17.6 Å². The van der Waals surface area contributed by atoms with Gasteiger partial charge in [-0.25, -0.2) is 0 Å². The Kier molecular flexibility index (Phi) is 9.80. The Morgan fingerprint density at radius 1 is 1.02 bits per heavy atom. The maximum Gasteiger partial charge on any atom is 0.418 e. The van der Waals surface area contributed by atoms with Gasteiger partial charge in [0.15, 0.2) is 6.29 Å². The molecule has 0 radical (unpaired) electrons. The first-order valence-corrected chi connectivity index (χ1v) is 14.7. The molecule has 2 aromatic carbocycles. The van der Waals surface area contributed by atoms with Crippen molar-refractivity contribution >= 4 is 23.0 Å². The summed E-state index contributed by atoms with van der Waals surface area (Å²) in [5.41, 5.74) is -0.0265. The first-order chi connectivity index (χ1) is 21.2. The van der Waals surface area contributed by atoms with Gasteiger partial charge in [-0.05, 0) is 68.5 Å². The van der Waals surface area contributed by atoms with Crippen molar-refractivity contribution in [3.05, 3.63) is 71.0 Å². The maximum atomic E-state index is 14.1. The van der Waals surface area contributed by atoms with Gasteiger partial charge in [0.2, 0.25) is 0 Å². The number of ether oxygens (including phenoxy) is 4. The van der Waals surface area contributed by atoms with Crippen LogP contribution >= 0.6 is 0 Å². The number of amides is 1. The Bertz CT molecular complexity index is 1450. The van der Waals surface area contributed by atoms with Crippen molar-refractivity contribution in [2.45, 2.75) is 51.1 Å². The van der Waals surface area contributed by atoms with E-state index in [-0.39, 0.29) is 42.1 Å². The lowest BCUT2D eigenvalue weighted by atomic mass is 10.0. The van der Waals surface area contributed by atoms with Crippen LogP contribution in [-0.4, -0.2) is 63.0 Å². The van der Waals surface area contributed by atoms with Crippen LogP contribution in [0.1, 0.15) is 59.3 Å². The van der Waals surface area contributed by atoms with Crippen LogP contribution in [-0.2, 0) is 22.2 Å². The normalized spacial score (nSPS) is 17.0. The molecule has 44 heavy (non-hydrogen) atoms. The highest BCUT2D eigenvalue weighted by Crippen LogP contribution is 2.38. The first kappa shape index (κ1) is 31.4. The Morgan fingerprint density at radius 3 is 2.39 bits per heavy atom. The van der Waals surface area contributed by atoms with Gasteiger partial charge in [0, 0.05) is 55.3 Å². The highest BCUT2D eigenvalue weighted by atomic mass is 19.4. The third kappa shape index (κ3) is 7.19. The fourth-order valence-electron chi connectivity index (χ4n) is 5.58. The van der Waals surface area contributed by atoms with E-state index >= 15 is 0 Å². The van der Waals surface area contributed by atoms with E-state index in [4.69, 9.17) is 24.4 Å². The van der Waals surface area contributed by atoms with E-state index in [0.717, 1.165) is 51.3 Å². The monoisotopic (exact) mass is 614 g/mol. The highest BCUT2D eigenvalue weighted by molar-refractivity contribution is 6.18. The molecule has 0 bridgehead atoms. The second kappa shape index (κ2) is 13.7. The number of hydrogen-bond acceptors (Lipinski definition) is 7. The summed E-state index contributed by atoms with van der Waals surface area (Å²) >= 11 is 0. The quantitative estimate of drug-likeness (QED) is 0.245. The molecule has 2 aliphatic rings. The van der Waals surface area contributed by atoms with Crippen LogP contribution in [0.4, 0.5) is 24.5 Å². The van der Waals surface area contributed by atoms with Crippen molar-refractivity contribution < 1.29 is 36.9 Å². The van der Waals surface area contributed by atoms with E-state index in [1.807, 2.05) is 4.90 Å². The third-order valence-corrected chi connectivity index (χ3v) is 7.89. The molecule has 0 saturated carbocycles. The van der Waals surface area contributed by atoms with Crippen molar-refractivity contribution in [3.8, 4) is 11.5 Å². The van der Waals surface area contributed by atoms with Gasteiger partial charge in [0.1, 0.15) is 17.2 Å². The molecule has 1 atom stereocenters. The molecule has 0 aliphatic carbocycles. The fourth-order valence-corrected chi connectivity index (χ4v) is 5.58. The van der Waals surface area contributed by atoms with Gasteiger partial charge >= 0.3 is 6.18 Å². The standard InChI is InChI=1S/C32H37F3N4O5/c1-41-23-17-21(18-24(20-23)42-2)29(36)25-10-13-39(14-16-44-28-7-3-6-15-43-28)30(25)31(40)37-27-19-22(38-11-4-5-12-38)8-9-26(27)32(33,34)35/h8-10,13,17-20,28,36H,3-7,11-12,14-16H2,1-2H3,(H,37,40). The number of benzene rings is 2. The molecule has 2 aliphatic heterocycles. The van der Waals surface area contributed by atoms with E-state index in [1.165, 1.54) is 26.4 Å². The van der Waals surface area contributed by atoms with Gasteiger partial charge in [0.05, 0.1) is 37.8 Å². The molecule has 9 nitrogen and oxygen atoms in total. The lowest BCUT2D eigenvalue weighted by Gasteiger charge is -2.23. The zero-order valence-electron chi connectivity index (χ0n) is 24.8. The molecule has 3 heterocycles. The predicted octanol–water partition coefficient (Wildman–Crippen LogP) is 6.34. The zero-order valence-corrected chi connectivity index (χ0v) is 24.8. The van der Waals surface area contributed by atoms with Crippen LogP contribution < -0.4 is 19.7 Å². The largest absolute Gasteiger partial charge is 0.497 e. The first-order valence-electron chi connectivity index (χ1n) is 14.7. The Hall–Kier alpha value is -4.03. The fraction of sp³-hybridized carbons (Fsp3) is 0.438. The average molecular weight is 615 g/mol. The Balaban J connectivity index is 1.49. The lowest BCUT2D eigenvalue weighted by molar-refractivity contribution is -0.163. The predicted molar refractivity (Wildman–Crippen MR) is 160 cm³/mol. The molecule has 12 heteroatoms. The molecular formula is C32H37F3N4O5. The van der Waals surface area contributed by atoms with Crippen LogP contribution in [0.2, 0.25) is 0 Å². The van der Waals surface area contributed by atoms with Crippen LogP contribution in [0.3, 0.4) is 0 Å². The molecule has 1 unspecified atom stereocenters. The molecule has 2 saturated heterocycles. The van der Waals surface area contributed by atoms with Gasteiger partial charge < -0.3 is 33.7 Å². The van der Waals surface area contributed by atoms with Crippen molar-refractivity contribution in [2.24, 2.45) is 0 Å². The number of carbonyl (C=O) groups is 1. The Morgan fingerprint density at radius 2 is 1.75 bits per heavy atom.